The van der Waals surface area contributed by atoms with Crippen molar-refractivity contribution in [1.82, 2.24) is 15.5 Å². The van der Waals surface area contributed by atoms with Gasteiger partial charge in [0.1, 0.15) is 0 Å². The van der Waals surface area contributed by atoms with Gasteiger partial charge in [0.15, 0.2) is 0 Å². The van der Waals surface area contributed by atoms with Gasteiger partial charge < -0.3 is 10.6 Å². The van der Waals surface area contributed by atoms with Crippen LogP contribution in [0.2, 0.25) is 0 Å². The molecule has 1 aliphatic rings. The highest BCUT2D eigenvalue weighted by atomic mass is 79.9. The van der Waals surface area contributed by atoms with E-state index in [1.165, 1.54) is 5.56 Å². The lowest BCUT2D eigenvalue weighted by Gasteiger charge is -2.34. The molecule has 0 amide bonds. The van der Waals surface area contributed by atoms with Crippen LogP contribution < -0.4 is 10.6 Å². The lowest BCUT2D eigenvalue weighted by atomic mass is 10.1. The molecule has 0 bridgehead atoms. The van der Waals surface area contributed by atoms with Crippen LogP contribution in [0.25, 0.3) is 0 Å². The zero-order chi connectivity index (χ0) is 11.4. The first-order chi connectivity index (χ1) is 7.81. The first-order valence-corrected chi connectivity index (χ1v) is 6.48. The van der Waals surface area contributed by atoms with Gasteiger partial charge >= 0.3 is 0 Å². The van der Waals surface area contributed by atoms with Crippen molar-refractivity contribution in [2.45, 2.75) is 6.17 Å². The van der Waals surface area contributed by atoms with Crippen molar-refractivity contribution in [3.05, 3.63) is 34.3 Å². The third kappa shape index (κ3) is 2.83. The molecule has 1 atom stereocenters. The first kappa shape index (κ1) is 12.0. The Hall–Kier alpha value is -0.420. The fourth-order valence-corrected chi connectivity index (χ4v) is 2.41. The predicted octanol–water partition coefficient (Wildman–Crippen LogP) is 1.57. The molecule has 1 saturated heterocycles. The highest BCUT2D eigenvalue weighted by molar-refractivity contribution is 9.10. The van der Waals surface area contributed by atoms with Crippen molar-refractivity contribution in [1.29, 1.82) is 0 Å². The number of benzene rings is 1. The van der Waals surface area contributed by atoms with Gasteiger partial charge in [0.25, 0.3) is 0 Å². The van der Waals surface area contributed by atoms with Gasteiger partial charge in [0.05, 0.1) is 6.17 Å². The second-order valence-electron chi connectivity index (χ2n) is 4.03. The van der Waals surface area contributed by atoms with Crippen LogP contribution in [0.15, 0.2) is 28.7 Å². The number of piperazine rings is 1. The number of hydrogen-bond acceptors (Lipinski definition) is 3. The molecule has 88 valence electrons. The average Bonchev–Trinajstić information content (AvgIpc) is 2.34. The maximum atomic E-state index is 3.47. The van der Waals surface area contributed by atoms with Crippen molar-refractivity contribution in [3.8, 4) is 0 Å². The Morgan fingerprint density at radius 2 is 1.88 bits per heavy atom. The van der Waals surface area contributed by atoms with Crippen molar-refractivity contribution in [3.63, 3.8) is 0 Å². The van der Waals surface area contributed by atoms with Gasteiger partial charge in [-0.2, -0.15) is 0 Å². The van der Waals surface area contributed by atoms with Crippen LogP contribution in [0.5, 0.6) is 0 Å². The Morgan fingerprint density at radius 3 is 2.44 bits per heavy atom. The number of nitrogens with one attached hydrogen (secondary N) is 2. The Morgan fingerprint density at radius 1 is 1.25 bits per heavy atom. The minimum Gasteiger partial charge on any atom is -0.314 e. The summed E-state index contributed by atoms with van der Waals surface area (Å²) in [6, 6.07) is 8.55. The van der Waals surface area contributed by atoms with E-state index in [9.17, 15) is 0 Å². The van der Waals surface area contributed by atoms with E-state index in [1.54, 1.807) is 0 Å². The molecule has 2 rings (SSSR count). The van der Waals surface area contributed by atoms with Gasteiger partial charge in [0, 0.05) is 30.7 Å². The molecular formula is C12H18BrN3. The van der Waals surface area contributed by atoms with Gasteiger partial charge in [-0.05, 0) is 24.7 Å². The minimum atomic E-state index is 0.329. The van der Waals surface area contributed by atoms with Gasteiger partial charge in [-0.1, -0.05) is 28.1 Å². The SMILES string of the molecule is CNC(c1ccc(Br)cc1)N1CCNCC1. The molecule has 0 aromatic heterocycles. The molecule has 0 aliphatic carbocycles. The summed E-state index contributed by atoms with van der Waals surface area (Å²) >= 11 is 3.47. The third-order valence-corrected chi connectivity index (χ3v) is 3.50. The summed E-state index contributed by atoms with van der Waals surface area (Å²) in [4.78, 5) is 2.47. The topological polar surface area (TPSA) is 27.3 Å². The lowest BCUT2D eigenvalue weighted by Crippen LogP contribution is -2.48. The van der Waals surface area contributed by atoms with Crippen LogP contribution in [0.4, 0.5) is 0 Å². The summed E-state index contributed by atoms with van der Waals surface area (Å²) in [6.07, 6.45) is 0.329. The fourth-order valence-electron chi connectivity index (χ4n) is 2.15. The largest absolute Gasteiger partial charge is 0.314 e. The van der Waals surface area contributed by atoms with Crippen LogP contribution >= 0.6 is 15.9 Å². The number of nitrogens with zero attached hydrogens (tertiary/aromatic N) is 1. The van der Waals surface area contributed by atoms with E-state index < -0.39 is 0 Å². The Labute approximate surface area is 105 Å². The summed E-state index contributed by atoms with van der Waals surface area (Å²) in [5.41, 5.74) is 1.33. The molecule has 1 aromatic rings. The number of halogens is 1. The Kier molecular flexibility index (Phi) is 4.35. The minimum absolute atomic E-state index is 0.329. The van der Waals surface area contributed by atoms with E-state index in [0.717, 1.165) is 30.7 Å². The highest BCUT2D eigenvalue weighted by Gasteiger charge is 2.19. The van der Waals surface area contributed by atoms with Crippen LogP contribution in [-0.2, 0) is 0 Å². The Balaban J connectivity index is 2.11. The van der Waals surface area contributed by atoms with E-state index in [0.29, 0.717) is 6.17 Å². The zero-order valence-corrected chi connectivity index (χ0v) is 11.1. The molecule has 0 saturated carbocycles. The van der Waals surface area contributed by atoms with Gasteiger partial charge in [-0.25, -0.2) is 0 Å². The van der Waals surface area contributed by atoms with E-state index in [-0.39, 0.29) is 0 Å². The molecule has 2 N–H and O–H groups in total. The summed E-state index contributed by atoms with van der Waals surface area (Å²) in [5, 5.41) is 6.77. The monoisotopic (exact) mass is 283 g/mol. The standard InChI is InChI=1S/C12H18BrN3/c1-14-12(16-8-6-15-7-9-16)10-2-4-11(13)5-3-10/h2-5,12,14-15H,6-9H2,1H3. The van der Waals surface area contributed by atoms with Crippen molar-refractivity contribution >= 4 is 15.9 Å². The molecule has 4 heteroatoms. The van der Waals surface area contributed by atoms with E-state index in [4.69, 9.17) is 0 Å². The maximum Gasteiger partial charge on any atom is 0.0859 e. The quantitative estimate of drug-likeness (QED) is 0.882. The maximum absolute atomic E-state index is 3.47. The molecule has 1 unspecified atom stereocenters. The van der Waals surface area contributed by atoms with Crippen LogP contribution in [-0.4, -0.2) is 38.1 Å². The first-order valence-electron chi connectivity index (χ1n) is 5.69. The Bertz CT molecular complexity index is 320. The summed E-state index contributed by atoms with van der Waals surface area (Å²) in [6.45, 7) is 4.35. The van der Waals surface area contributed by atoms with Gasteiger partial charge in [-0.15, -0.1) is 0 Å². The second-order valence-corrected chi connectivity index (χ2v) is 4.94. The predicted molar refractivity (Wildman–Crippen MR) is 70.4 cm³/mol. The number of hydrogen-bond donors (Lipinski definition) is 2. The average molecular weight is 284 g/mol. The summed E-state index contributed by atoms with van der Waals surface area (Å²) in [5.74, 6) is 0. The molecule has 1 aliphatic heterocycles. The van der Waals surface area contributed by atoms with Crippen molar-refractivity contribution in [2.24, 2.45) is 0 Å². The third-order valence-electron chi connectivity index (χ3n) is 2.98. The molecule has 1 heterocycles. The summed E-state index contributed by atoms with van der Waals surface area (Å²) in [7, 11) is 2.02. The molecule has 1 fully saturated rings. The van der Waals surface area contributed by atoms with Crippen molar-refractivity contribution in [2.75, 3.05) is 33.2 Å². The summed E-state index contributed by atoms with van der Waals surface area (Å²) < 4.78 is 1.13. The smallest absolute Gasteiger partial charge is 0.0859 e. The van der Waals surface area contributed by atoms with E-state index in [1.807, 2.05) is 7.05 Å². The van der Waals surface area contributed by atoms with Gasteiger partial charge in [0.2, 0.25) is 0 Å². The molecular weight excluding hydrogens is 266 g/mol. The molecule has 0 spiro atoms. The van der Waals surface area contributed by atoms with E-state index in [2.05, 4.69) is 55.7 Å². The van der Waals surface area contributed by atoms with Gasteiger partial charge in [-0.3, -0.25) is 4.90 Å². The molecule has 16 heavy (non-hydrogen) atoms. The molecule has 1 aromatic carbocycles. The second kappa shape index (κ2) is 5.77. The zero-order valence-electron chi connectivity index (χ0n) is 9.54. The van der Waals surface area contributed by atoms with Crippen molar-refractivity contribution < 1.29 is 0 Å². The van der Waals surface area contributed by atoms with E-state index >= 15 is 0 Å². The van der Waals surface area contributed by atoms with Crippen LogP contribution in [0, 0.1) is 0 Å². The van der Waals surface area contributed by atoms with Crippen LogP contribution in [0.1, 0.15) is 11.7 Å². The highest BCUT2D eigenvalue weighted by Crippen LogP contribution is 2.20. The molecule has 3 nitrogen and oxygen atoms in total. The van der Waals surface area contributed by atoms with Crippen LogP contribution in [0.3, 0.4) is 0 Å². The fraction of sp³-hybridized carbons (Fsp3) is 0.500. The molecule has 0 radical (unpaired) electrons. The lowest BCUT2D eigenvalue weighted by molar-refractivity contribution is 0.153. The number of rotatable bonds is 3. The normalized spacial score (nSPS) is 19.6.